The molecule has 0 saturated carbocycles. The van der Waals surface area contributed by atoms with Crippen LogP contribution in [0, 0.1) is 0 Å². The van der Waals surface area contributed by atoms with Crippen LogP contribution in [0.3, 0.4) is 0 Å². The van der Waals surface area contributed by atoms with Crippen molar-refractivity contribution >= 4 is 16.9 Å². The minimum atomic E-state index is -1.14. The zero-order chi connectivity index (χ0) is 11.8. The highest BCUT2D eigenvalue weighted by Crippen LogP contribution is 2.29. The Morgan fingerprint density at radius 3 is 2.88 bits per heavy atom. The van der Waals surface area contributed by atoms with Crippen LogP contribution in [0.4, 0.5) is 0 Å². The number of hydrogen-bond acceptors (Lipinski definition) is 4. The molecule has 0 unspecified atom stereocenters. The molecule has 0 aliphatic carbocycles. The average molecular weight is 229 g/mol. The molecule has 1 aromatic carbocycles. The van der Waals surface area contributed by atoms with E-state index in [0.29, 0.717) is 11.3 Å². The first-order valence-electron chi connectivity index (χ1n) is 4.91. The summed E-state index contributed by atoms with van der Waals surface area (Å²) in [7, 11) is 0. The predicted molar refractivity (Wildman–Crippen MR) is 58.7 cm³/mol. The van der Waals surface area contributed by atoms with E-state index >= 15 is 0 Å². The van der Waals surface area contributed by atoms with Gasteiger partial charge in [0.05, 0.1) is 0 Å². The first-order valence-corrected chi connectivity index (χ1v) is 4.91. The molecular formula is C12H7NO4. The number of carboxylic acid groups (broad SMARTS) is 1. The fraction of sp³-hybridized carbons (Fsp3) is 0. The molecule has 0 fully saturated rings. The van der Waals surface area contributed by atoms with Crippen LogP contribution in [0.1, 0.15) is 10.5 Å². The summed E-state index contributed by atoms with van der Waals surface area (Å²) in [6.45, 7) is 0. The number of carboxylic acids is 1. The number of para-hydroxylation sites is 1. The third-order valence-corrected chi connectivity index (χ3v) is 2.42. The lowest BCUT2D eigenvalue weighted by Gasteiger charge is -1.91. The lowest BCUT2D eigenvalue weighted by Crippen LogP contribution is -1.97. The third-order valence-electron chi connectivity index (χ3n) is 2.42. The van der Waals surface area contributed by atoms with Crippen molar-refractivity contribution < 1.29 is 18.7 Å². The normalized spacial score (nSPS) is 10.8. The molecule has 5 heteroatoms. The minimum absolute atomic E-state index is 0.133. The number of hydrogen-bond donors (Lipinski definition) is 1. The van der Waals surface area contributed by atoms with Crippen molar-refractivity contribution in [3.8, 4) is 11.5 Å². The van der Waals surface area contributed by atoms with Gasteiger partial charge in [0, 0.05) is 5.39 Å². The number of rotatable bonds is 2. The van der Waals surface area contributed by atoms with Crippen molar-refractivity contribution in [2.75, 3.05) is 0 Å². The van der Waals surface area contributed by atoms with E-state index in [9.17, 15) is 4.79 Å². The van der Waals surface area contributed by atoms with Gasteiger partial charge < -0.3 is 13.9 Å². The Hall–Kier alpha value is -2.56. The van der Waals surface area contributed by atoms with Crippen LogP contribution in [0.15, 0.2) is 45.6 Å². The van der Waals surface area contributed by atoms with Gasteiger partial charge in [-0.1, -0.05) is 18.2 Å². The Balaban J connectivity index is 2.20. The van der Waals surface area contributed by atoms with Gasteiger partial charge in [0.25, 0.3) is 0 Å². The topological polar surface area (TPSA) is 76.5 Å². The largest absolute Gasteiger partial charge is 0.476 e. The van der Waals surface area contributed by atoms with Crippen molar-refractivity contribution in [1.29, 1.82) is 0 Å². The molecule has 0 amide bonds. The highest BCUT2D eigenvalue weighted by molar-refractivity contribution is 5.93. The fourth-order valence-electron chi connectivity index (χ4n) is 1.67. The Labute approximate surface area is 95.3 Å². The number of aromatic nitrogens is 1. The molecule has 2 aromatic heterocycles. The summed E-state index contributed by atoms with van der Waals surface area (Å²) in [5, 5.41) is 9.81. The van der Waals surface area contributed by atoms with Crippen LogP contribution in [0.25, 0.3) is 22.5 Å². The second-order valence-electron chi connectivity index (χ2n) is 3.48. The second kappa shape index (κ2) is 3.48. The number of oxazole rings is 1. The van der Waals surface area contributed by atoms with Crippen LogP contribution in [-0.4, -0.2) is 16.1 Å². The number of furan rings is 1. The van der Waals surface area contributed by atoms with Crippen LogP contribution in [0.2, 0.25) is 0 Å². The fourth-order valence-corrected chi connectivity index (χ4v) is 1.67. The molecule has 0 aliphatic heterocycles. The van der Waals surface area contributed by atoms with Gasteiger partial charge in [0.15, 0.2) is 17.8 Å². The molecule has 0 spiro atoms. The summed E-state index contributed by atoms with van der Waals surface area (Å²) >= 11 is 0. The van der Waals surface area contributed by atoms with Crippen LogP contribution in [0.5, 0.6) is 0 Å². The number of nitrogens with zero attached hydrogens (tertiary/aromatic N) is 1. The van der Waals surface area contributed by atoms with Gasteiger partial charge in [-0.2, -0.15) is 0 Å². The van der Waals surface area contributed by atoms with E-state index in [4.69, 9.17) is 13.9 Å². The molecule has 3 rings (SSSR count). The molecule has 17 heavy (non-hydrogen) atoms. The summed E-state index contributed by atoms with van der Waals surface area (Å²) < 4.78 is 10.6. The SMILES string of the molecule is O=C(O)c1ncoc1-c1cc2ccccc2o1. The summed E-state index contributed by atoms with van der Waals surface area (Å²) in [6, 6.07) is 9.12. The molecule has 2 heterocycles. The first kappa shape index (κ1) is 9.65. The molecule has 0 bridgehead atoms. The van der Waals surface area contributed by atoms with Crippen molar-refractivity contribution in [1.82, 2.24) is 4.98 Å². The molecule has 3 aromatic rings. The van der Waals surface area contributed by atoms with Gasteiger partial charge in [-0.3, -0.25) is 0 Å². The van der Waals surface area contributed by atoms with Gasteiger partial charge in [0.2, 0.25) is 5.76 Å². The molecule has 0 saturated heterocycles. The van der Waals surface area contributed by atoms with E-state index in [-0.39, 0.29) is 11.5 Å². The molecule has 0 atom stereocenters. The van der Waals surface area contributed by atoms with Gasteiger partial charge in [-0.15, -0.1) is 0 Å². The maximum absolute atomic E-state index is 10.9. The number of carbonyl (C=O) groups is 1. The van der Waals surface area contributed by atoms with Gasteiger partial charge in [-0.05, 0) is 12.1 Å². The Bertz CT molecular complexity index is 662. The maximum Gasteiger partial charge on any atom is 0.358 e. The van der Waals surface area contributed by atoms with Crippen molar-refractivity contribution in [3.05, 3.63) is 42.4 Å². The Morgan fingerprint density at radius 1 is 1.29 bits per heavy atom. The highest BCUT2D eigenvalue weighted by atomic mass is 16.4. The van der Waals surface area contributed by atoms with E-state index < -0.39 is 5.97 Å². The van der Waals surface area contributed by atoms with Gasteiger partial charge in [-0.25, -0.2) is 9.78 Å². The van der Waals surface area contributed by atoms with Crippen LogP contribution in [-0.2, 0) is 0 Å². The van der Waals surface area contributed by atoms with Gasteiger partial charge >= 0.3 is 5.97 Å². The number of aromatic carboxylic acids is 1. The highest BCUT2D eigenvalue weighted by Gasteiger charge is 2.20. The Morgan fingerprint density at radius 2 is 2.12 bits per heavy atom. The van der Waals surface area contributed by atoms with E-state index in [2.05, 4.69) is 4.98 Å². The van der Waals surface area contributed by atoms with Crippen molar-refractivity contribution in [3.63, 3.8) is 0 Å². The molecule has 5 nitrogen and oxygen atoms in total. The summed E-state index contributed by atoms with van der Waals surface area (Å²) in [4.78, 5) is 14.5. The van der Waals surface area contributed by atoms with Crippen LogP contribution >= 0.6 is 0 Å². The summed E-state index contributed by atoms with van der Waals surface area (Å²) in [6.07, 6.45) is 1.09. The summed E-state index contributed by atoms with van der Waals surface area (Å²) in [5.41, 5.74) is 0.527. The molecule has 1 N–H and O–H groups in total. The van der Waals surface area contributed by atoms with E-state index in [1.807, 2.05) is 18.2 Å². The van der Waals surface area contributed by atoms with Crippen molar-refractivity contribution in [2.24, 2.45) is 0 Å². The minimum Gasteiger partial charge on any atom is -0.476 e. The summed E-state index contributed by atoms with van der Waals surface area (Å²) in [5.74, 6) is -0.649. The lowest BCUT2D eigenvalue weighted by molar-refractivity contribution is 0.0691. The van der Waals surface area contributed by atoms with E-state index in [1.54, 1.807) is 12.1 Å². The molecule has 0 aliphatic rings. The molecular weight excluding hydrogens is 222 g/mol. The third kappa shape index (κ3) is 1.48. The Kier molecular flexibility index (Phi) is 1.98. The van der Waals surface area contributed by atoms with E-state index in [1.165, 1.54) is 0 Å². The predicted octanol–water partition coefficient (Wildman–Crippen LogP) is 2.79. The standard InChI is InChI=1S/C12H7NO4/c14-12(15)10-11(16-6-13-10)9-5-7-3-1-2-4-8(7)17-9/h1-6H,(H,14,15). The maximum atomic E-state index is 10.9. The molecule has 0 radical (unpaired) electrons. The smallest absolute Gasteiger partial charge is 0.358 e. The van der Waals surface area contributed by atoms with Gasteiger partial charge in [0.1, 0.15) is 5.58 Å². The van der Waals surface area contributed by atoms with E-state index in [0.717, 1.165) is 11.8 Å². The number of benzene rings is 1. The monoisotopic (exact) mass is 229 g/mol. The number of fused-ring (bicyclic) bond motifs is 1. The average Bonchev–Trinajstić information content (AvgIpc) is 2.95. The zero-order valence-electron chi connectivity index (χ0n) is 8.58. The lowest BCUT2D eigenvalue weighted by atomic mass is 10.2. The van der Waals surface area contributed by atoms with Crippen LogP contribution < -0.4 is 0 Å². The quantitative estimate of drug-likeness (QED) is 0.731. The van der Waals surface area contributed by atoms with Crippen molar-refractivity contribution in [2.45, 2.75) is 0 Å². The first-order chi connectivity index (χ1) is 8.25. The second-order valence-corrected chi connectivity index (χ2v) is 3.48. The zero-order valence-corrected chi connectivity index (χ0v) is 8.58. The molecule has 84 valence electrons.